The minimum Gasteiger partial charge on any atom is -0.452 e. The number of benzene rings is 2. The minimum absolute atomic E-state index is 0.194. The number of ether oxygens (including phenoxy) is 1. The second kappa shape index (κ2) is 4.66. The molecule has 4 heteroatoms. The lowest BCUT2D eigenvalue weighted by molar-refractivity contribution is 0.0991. The Labute approximate surface area is 115 Å². The number of Topliss-reactive ketones (excluding diaryl/α,β-unsaturated/α-hetero) is 1. The number of para-hydroxylation sites is 1. The standard InChI is InChI=1S/C16H11NO3/c17-16(19)12-8-4-7-11-14(18)13(20-15(11)12)9-10-5-2-1-3-6-10/h1-9H,(H2,17,19)/b13-9-. The number of allylic oxidation sites excluding steroid dienone is 1. The number of hydrogen-bond acceptors (Lipinski definition) is 3. The van der Waals surface area contributed by atoms with E-state index in [1.165, 1.54) is 0 Å². The number of hydrogen-bond donors (Lipinski definition) is 1. The third-order valence-electron chi connectivity index (χ3n) is 3.06. The van der Waals surface area contributed by atoms with Crippen LogP contribution in [0.15, 0.2) is 54.3 Å². The number of amides is 1. The van der Waals surface area contributed by atoms with Gasteiger partial charge in [0, 0.05) is 0 Å². The minimum atomic E-state index is -0.615. The van der Waals surface area contributed by atoms with E-state index in [0.29, 0.717) is 5.56 Å². The van der Waals surface area contributed by atoms with Gasteiger partial charge in [0.15, 0.2) is 11.5 Å². The van der Waals surface area contributed by atoms with Crippen LogP contribution in [-0.2, 0) is 0 Å². The van der Waals surface area contributed by atoms with Gasteiger partial charge in [0.25, 0.3) is 5.91 Å². The SMILES string of the molecule is NC(=O)c1cccc2c1O/C(=C\c1ccccc1)C2=O. The maximum atomic E-state index is 12.2. The largest absolute Gasteiger partial charge is 0.452 e. The summed E-state index contributed by atoms with van der Waals surface area (Å²) in [5.41, 5.74) is 6.71. The van der Waals surface area contributed by atoms with Crippen LogP contribution in [0.4, 0.5) is 0 Å². The number of rotatable bonds is 2. The van der Waals surface area contributed by atoms with E-state index in [9.17, 15) is 9.59 Å². The third-order valence-corrected chi connectivity index (χ3v) is 3.06. The molecule has 4 nitrogen and oxygen atoms in total. The predicted molar refractivity (Wildman–Crippen MR) is 74.3 cm³/mol. The summed E-state index contributed by atoms with van der Waals surface area (Å²) in [6.45, 7) is 0. The van der Waals surface area contributed by atoms with Crippen LogP contribution in [0.25, 0.3) is 6.08 Å². The van der Waals surface area contributed by atoms with Crippen molar-refractivity contribution in [2.24, 2.45) is 5.73 Å². The molecule has 0 saturated heterocycles. The van der Waals surface area contributed by atoms with Gasteiger partial charge < -0.3 is 10.5 Å². The third kappa shape index (κ3) is 1.97. The van der Waals surface area contributed by atoms with Crippen LogP contribution in [0.3, 0.4) is 0 Å². The molecule has 1 heterocycles. The van der Waals surface area contributed by atoms with Crippen LogP contribution in [-0.4, -0.2) is 11.7 Å². The summed E-state index contributed by atoms with van der Waals surface area (Å²) in [7, 11) is 0. The Morgan fingerprint density at radius 2 is 1.80 bits per heavy atom. The lowest BCUT2D eigenvalue weighted by Gasteiger charge is -2.02. The van der Waals surface area contributed by atoms with Crippen molar-refractivity contribution >= 4 is 17.8 Å². The average molecular weight is 265 g/mol. The number of fused-ring (bicyclic) bond motifs is 1. The Bertz CT molecular complexity index is 733. The molecule has 1 amide bonds. The van der Waals surface area contributed by atoms with Crippen LogP contribution in [0, 0.1) is 0 Å². The van der Waals surface area contributed by atoms with E-state index in [1.54, 1.807) is 24.3 Å². The molecule has 1 aliphatic rings. The van der Waals surface area contributed by atoms with Gasteiger partial charge in [-0.2, -0.15) is 0 Å². The predicted octanol–water partition coefficient (Wildman–Crippen LogP) is 2.40. The Morgan fingerprint density at radius 1 is 1.05 bits per heavy atom. The first kappa shape index (κ1) is 12.2. The van der Waals surface area contributed by atoms with Crippen LogP contribution in [0.2, 0.25) is 0 Å². The highest BCUT2D eigenvalue weighted by Crippen LogP contribution is 2.34. The zero-order chi connectivity index (χ0) is 14.1. The van der Waals surface area contributed by atoms with Crippen molar-refractivity contribution in [1.29, 1.82) is 0 Å². The molecule has 0 saturated carbocycles. The smallest absolute Gasteiger partial charge is 0.252 e. The van der Waals surface area contributed by atoms with E-state index in [2.05, 4.69) is 0 Å². The van der Waals surface area contributed by atoms with Crippen molar-refractivity contribution < 1.29 is 14.3 Å². The molecule has 2 aromatic rings. The van der Waals surface area contributed by atoms with Crippen molar-refractivity contribution in [3.05, 3.63) is 71.0 Å². The molecule has 0 aromatic heterocycles. The fourth-order valence-electron chi connectivity index (χ4n) is 2.10. The van der Waals surface area contributed by atoms with Crippen LogP contribution in [0.5, 0.6) is 5.75 Å². The molecule has 0 atom stereocenters. The zero-order valence-corrected chi connectivity index (χ0v) is 10.5. The summed E-state index contributed by atoms with van der Waals surface area (Å²) in [6, 6.07) is 14.1. The van der Waals surface area contributed by atoms with Crippen molar-refractivity contribution in [1.82, 2.24) is 0 Å². The van der Waals surface area contributed by atoms with E-state index in [1.807, 2.05) is 30.3 Å². The van der Waals surface area contributed by atoms with Gasteiger partial charge in [-0.25, -0.2) is 0 Å². The molecular weight excluding hydrogens is 254 g/mol. The van der Waals surface area contributed by atoms with Gasteiger partial charge >= 0.3 is 0 Å². The first-order chi connectivity index (χ1) is 9.66. The molecule has 2 N–H and O–H groups in total. The molecule has 0 radical (unpaired) electrons. The summed E-state index contributed by atoms with van der Waals surface area (Å²) < 4.78 is 5.53. The molecule has 0 fully saturated rings. The fraction of sp³-hybridized carbons (Fsp3) is 0. The number of primary amides is 1. The molecule has 0 bridgehead atoms. The van der Waals surface area contributed by atoms with E-state index < -0.39 is 5.91 Å². The van der Waals surface area contributed by atoms with E-state index in [-0.39, 0.29) is 22.9 Å². The van der Waals surface area contributed by atoms with Gasteiger partial charge in [0.1, 0.15) is 0 Å². The highest BCUT2D eigenvalue weighted by molar-refractivity contribution is 6.16. The summed E-state index contributed by atoms with van der Waals surface area (Å²) in [5.74, 6) is -0.422. The van der Waals surface area contributed by atoms with Crippen molar-refractivity contribution in [3.63, 3.8) is 0 Å². The monoisotopic (exact) mass is 265 g/mol. The first-order valence-electron chi connectivity index (χ1n) is 6.09. The number of carbonyl (C=O) groups is 2. The molecule has 0 unspecified atom stereocenters. The van der Waals surface area contributed by atoms with Gasteiger partial charge in [-0.05, 0) is 23.8 Å². The topological polar surface area (TPSA) is 69.4 Å². The van der Waals surface area contributed by atoms with Gasteiger partial charge in [0.05, 0.1) is 11.1 Å². The Balaban J connectivity index is 2.05. The van der Waals surface area contributed by atoms with Gasteiger partial charge in [-0.15, -0.1) is 0 Å². The number of carbonyl (C=O) groups excluding carboxylic acids is 2. The van der Waals surface area contributed by atoms with E-state index >= 15 is 0 Å². The maximum absolute atomic E-state index is 12.2. The lowest BCUT2D eigenvalue weighted by Crippen LogP contribution is -2.11. The van der Waals surface area contributed by atoms with Crippen molar-refractivity contribution in [2.75, 3.05) is 0 Å². The molecular formula is C16H11NO3. The average Bonchev–Trinajstić information content (AvgIpc) is 2.77. The Hall–Kier alpha value is -2.88. The zero-order valence-electron chi connectivity index (χ0n) is 10.5. The highest BCUT2D eigenvalue weighted by atomic mass is 16.5. The normalized spacial score (nSPS) is 15.0. The molecule has 0 spiro atoms. The first-order valence-corrected chi connectivity index (χ1v) is 6.09. The second-order valence-corrected chi connectivity index (χ2v) is 4.40. The Kier molecular flexibility index (Phi) is 2.84. The van der Waals surface area contributed by atoms with E-state index in [0.717, 1.165) is 5.56 Å². The van der Waals surface area contributed by atoms with Crippen LogP contribution < -0.4 is 10.5 Å². The van der Waals surface area contributed by atoms with Gasteiger partial charge in [-0.1, -0.05) is 36.4 Å². The van der Waals surface area contributed by atoms with Crippen LogP contribution in [0.1, 0.15) is 26.3 Å². The summed E-state index contributed by atoms with van der Waals surface area (Å²) in [4.78, 5) is 23.6. The number of nitrogens with two attached hydrogens (primary N) is 1. The molecule has 98 valence electrons. The maximum Gasteiger partial charge on any atom is 0.252 e. The fourth-order valence-corrected chi connectivity index (χ4v) is 2.10. The molecule has 1 aliphatic heterocycles. The van der Waals surface area contributed by atoms with Crippen molar-refractivity contribution in [3.8, 4) is 5.75 Å². The molecule has 3 rings (SSSR count). The quantitative estimate of drug-likeness (QED) is 0.848. The van der Waals surface area contributed by atoms with Crippen molar-refractivity contribution in [2.45, 2.75) is 0 Å². The summed E-state index contributed by atoms with van der Waals surface area (Å²) >= 11 is 0. The number of ketones is 1. The lowest BCUT2D eigenvalue weighted by atomic mass is 10.1. The summed E-state index contributed by atoms with van der Waals surface area (Å²) in [5, 5.41) is 0. The van der Waals surface area contributed by atoms with Gasteiger partial charge in [0.2, 0.25) is 5.78 Å². The second-order valence-electron chi connectivity index (χ2n) is 4.40. The van der Waals surface area contributed by atoms with E-state index in [4.69, 9.17) is 10.5 Å². The summed E-state index contributed by atoms with van der Waals surface area (Å²) in [6.07, 6.45) is 1.65. The Morgan fingerprint density at radius 3 is 2.50 bits per heavy atom. The molecule has 0 aliphatic carbocycles. The molecule has 2 aromatic carbocycles. The van der Waals surface area contributed by atoms with Gasteiger partial charge in [-0.3, -0.25) is 9.59 Å². The molecule has 20 heavy (non-hydrogen) atoms. The highest BCUT2D eigenvalue weighted by Gasteiger charge is 2.30. The van der Waals surface area contributed by atoms with Crippen LogP contribution >= 0.6 is 0 Å².